The maximum Gasteiger partial charge on any atom is 0.407 e. The molecule has 410 valence electrons. The Hall–Kier alpha value is -8.24. The summed E-state index contributed by atoms with van der Waals surface area (Å²) in [5.41, 5.74) is 3.49. The van der Waals surface area contributed by atoms with E-state index in [1.807, 2.05) is 121 Å². The lowest BCUT2D eigenvalue weighted by molar-refractivity contribution is -0.146. The number of carbonyl (C=O) groups excluding carboxylic acids is 8. The van der Waals surface area contributed by atoms with Gasteiger partial charge in [0.25, 0.3) is 0 Å². The smallest absolute Gasteiger partial charge is 0.407 e. The lowest BCUT2D eigenvalue weighted by atomic mass is 10.1. The minimum absolute atomic E-state index is 0.0436. The van der Waals surface area contributed by atoms with Crippen LogP contribution in [0.15, 0.2) is 121 Å². The quantitative estimate of drug-likeness (QED) is 0.0211. The molecule has 4 aromatic carbocycles. The lowest BCUT2D eigenvalue weighted by Crippen LogP contribution is -2.40. The van der Waals surface area contributed by atoms with Crippen molar-refractivity contribution >= 4 is 48.1 Å². The Morgan fingerprint density at radius 2 is 0.671 bits per heavy atom. The maximum absolute atomic E-state index is 12.5. The fourth-order valence-electron chi connectivity index (χ4n) is 6.65. The first-order valence-corrected chi connectivity index (χ1v) is 24.8. The van der Waals surface area contributed by atoms with Gasteiger partial charge in [-0.15, -0.1) is 0 Å². The van der Waals surface area contributed by atoms with E-state index in [1.165, 1.54) is 0 Å². The van der Waals surface area contributed by atoms with Crippen molar-refractivity contribution < 1.29 is 76.3 Å². The van der Waals surface area contributed by atoms with Crippen LogP contribution in [0.4, 0.5) is 19.2 Å². The van der Waals surface area contributed by atoms with E-state index in [-0.39, 0.29) is 118 Å². The second-order valence-electron chi connectivity index (χ2n) is 16.6. The van der Waals surface area contributed by atoms with Crippen molar-refractivity contribution in [3.63, 3.8) is 0 Å². The van der Waals surface area contributed by atoms with Crippen LogP contribution in [0.5, 0.6) is 0 Å². The molecule has 0 aliphatic carbocycles. The molecule has 6 N–H and O–H groups in total. The van der Waals surface area contributed by atoms with Crippen molar-refractivity contribution in [2.24, 2.45) is 0 Å². The molecule has 0 aliphatic heterocycles. The van der Waals surface area contributed by atoms with E-state index in [9.17, 15) is 38.4 Å². The fraction of sp³-hybridized carbons (Fsp3) is 0.407. The number of alkyl carbamates (subject to hydrolysis) is 4. The molecule has 2 unspecified atom stereocenters. The third kappa shape index (κ3) is 29.5. The largest absolute Gasteiger partial charge is 0.463 e. The summed E-state index contributed by atoms with van der Waals surface area (Å²) in [7, 11) is 0. The highest BCUT2D eigenvalue weighted by Gasteiger charge is 2.20. The summed E-state index contributed by atoms with van der Waals surface area (Å²) >= 11 is 0. The van der Waals surface area contributed by atoms with Crippen molar-refractivity contribution in [2.45, 2.75) is 63.8 Å². The van der Waals surface area contributed by atoms with Crippen LogP contribution in [0.25, 0.3) is 0 Å². The Balaban J connectivity index is 0.917. The van der Waals surface area contributed by atoms with Gasteiger partial charge in [0.2, 0.25) is 11.8 Å². The van der Waals surface area contributed by atoms with Crippen LogP contribution in [0.1, 0.15) is 47.9 Å². The maximum atomic E-state index is 12.5. The molecule has 0 fully saturated rings. The molecule has 0 aromatic heterocycles. The summed E-state index contributed by atoms with van der Waals surface area (Å²) in [6.45, 7) is 0.693. The zero-order valence-electron chi connectivity index (χ0n) is 42.4. The van der Waals surface area contributed by atoms with Crippen LogP contribution < -0.4 is 31.9 Å². The van der Waals surface area contributed by atoms with Crippen molar-refractivity contribution in [3.8, 4) is 0 Å². The predicted molar refractivity (Wildman–Crippen MR) is 274 cm³/mol. The number of nitrogens with one attached hydrogen (secondary N) is 6. The molecule has 2 atom stereocenters. The molecule has 22 heteroatoms. The molecule has 4 rings (SSSR count). The number of ether oxygens (including phenoxy) is 8. The van der Waals surface area contributed by atoms with Crippen LogP contribution >= 0.6 is 0 Å². The van der Waals surface area contributed by atoms with E-state index in [4.69, 9.17) is 37.9 Å². The van der Waals surface area contributed by atoms with E-state index >= 15 is 0 Å². The fourth-order valence-corrected chi connectivity index (χ4v) is 6.65. The Bertz CT molecular complexity index is 2170. The zero-order valence-corrected chi connectivity index (χ0v) is 42.4. The summed E-state index contributed by atoms with van der Waals surface area (Å²) in [5, 5.41) is 15.7. The third-order valence-corrected chi connectivity index (χ3v) is 10.4. The molecule has 0 radical (unpaired) electrons. The van der Waals surface area contributed by atoms with Gasteiger partial charge in [-0.25, -0.2) is 19.2 Å². The standard InChI is InChI=1S/C54H68N6O16/c61-47(21-23-49(63)73-39-45(35-41-13-5-1-6-14-41)59-53(67)75-37-43-17-9-3-10-18-43)55-25-27-57-51(65)71-33-31-69-29-30-70-32-34-72-52(66)58-28-26-56-48(62)22-24-50(64)74-40-46(36-42-15-7-2-8-16-42)60-54(68)76-38-44-19-11-4-12-20-44/h1-20,45-46H,21-40H2,(H,55,61)(H,56,62)(H,57,65)(H,58,66)(H,59,67)(H,60,68). The molecule has 0 heterocycles. The van der Waals surface area contributed by atoms with Gasteiger partial charge in [-0.3, -0.25) is 19.2 Å². The molecule has 0 bridgehead atoms. The van der Waals surface area contributed by atoms with Crippen molar-refractivity contribution in [1.29, 1.82) is 0 Å². The van der Waals surface area contributed by atoms with Crippen molar-refractivity contribution in [3.05, 3.63) is 144 Å². The van der Waals surface area contributed by atoms with Gasteiger partial charge in [0.05, 0.1) is 51.4 Å². The first-order valence-electron chi connectivity index (χ1n) is 24.8. The Labute approximate surface area is 441 Å². The van der Waals surface area contributed by atoms with E-state index in [0.717, 1.165) is 22.3 Å². The SMILES string of the molecule is O=C(CCC(=O)OCC(Cc1ccccc1)NC(=O)OCc1ccccc1)NCCNC(=O)OCCOCCOCCOC(=O)NCCNC(=O)CCC(=O)OCC(Cc1ccccc1)NC(=O)OCc1ccccc1. The van der Waals surface area contributed by atoms with Gasteiger partial charge in [-0.1, -0.05) is 121 Å². The highest BCUT2D eigenvalue weighted by atomic mass is 16.6. The summed E-state index contributed by atoms with van der Waals surface area (Å²) < 4.78 is 42.2. The minimum Gasteiger partial charge on any atom is -0.463 e. The van der Waals surface area contributed by atoms with Crippen LogP contribution in [0, 0.1) is 0 Å². The summed E-state index contributed by atoms with van der Waals surface area (Å²) in [6.07, 6.45) is -2.65. The van der Waals surface area contributed by atoms with Gasteiger partial charge >= 0.3 is 36.3 Å². The molecule has 0 saturated carbocycles. The molecule has 6 amide bonds. The monoisotopic (exact) mass is 1060 g/mol. The molecular formula is C54H68N6O16. The van der Waals surface area contributed by atoms with Gasteiger partial charge in [0, 0.05) is 39.0 Å². The lowest BCUT2D eigenvalue weighted by Gasteiger charge is -2.19. The first kappa shape index (κ1) is 60.3. The van der Waals surface area contributed by atoms with Gasteiger partial charge in [-0.05, 0) is 35.1 Å². The Morgan fingerprint density at radius 3 is 1.04 bits per heavy atom. The van der Waals surface area contributed by atoms with Crippen LogP contribution in [-0.2, 0) is 83.1 Å². The summed E-state index contributed by atoms with van der Waals surface area (Å²) in [6, 6.07) is 36.0. The van der Waals surface area contributed by atoms with E-state index in [1.54, 1.807) is 0 Å². The number of hydrogen-bond acceptors (Lipinski definition) is 16. The van der Waals surface area contributed by atoms with Crippen LogP contribution in [0.3, 0.4) is 0 Å². The molecule has 0 aliphatic rings. The van der Waals surface area contributed by atoms with E-state index in [2.05, 4.69) is 31.9 Å². The summed E-state index contributed by atoms with van der Waals surface area (Å²) in [4.78, 5) is 98.4. The number of benzene rings is 4. The molecule has 76 heavy (non-hydrogen) atoms. The number of rotatable bonds is 35. The van der Waals surface area contributed by atoms with Crippen molar-refractivity contribution in [2.75, 3.05) is 79.0 Å². The number of amides is 6. The van der Waals surface area contributed by atoms with Crippen molar-refractivity contribution in [1.82, 2.24) is 31.9 Å². The molecule has 4 aromatic rings. The minimum atomic E-state index is -0.716. The van der Waals surface area contributed by atoms with Crippen LogP contribution in [-0.4, -0.2) is 139 Å². The number of esters is 2. The van der Waals surface area contributed by atoms with Crippen LogP contribution in [0.2, 0.25) is 0 Å². The van der Waals surface area contributed by atoms with E-state index in [0.29, 0.717) is 12.8 Å². The zero-order chi connectivity index (χ0) is 54.3. The van der Waals surface area contributed by atoms with E-state index < -0.39 is 60.2 Å². The Kier molecular flexibility index (Phi) is 29.7. The highest BCUT2D eigenvalue weighted by Crippen LogP contribution is 2.09. The molecule has 22 nitrogen and oxygen atoms in total. The summed E-state index contributed by atoms with van der Waals surface area (Å²) in [5.74, 6) is -2.08. The average Bonchev–Trinajstić information content (AvgIpc) is 3.43. The second-order valence-corrected chi connectivity index (χ2v) is 16.6. The normalized spacial score (nSPS) is 11.3. The van der Waals surface area contributed by atoms with Gasteiger partial charge in [-0.2, -0.15) is 0 Å². The molecule has 0 spiro atoms. The van der Waals surface area contributed by atoms with Gasteiger partial charge < -0.3 is 69.8 Å². The topological polar surface area (TPSA) is 283 Å². The molecular weight excluding hydrogens is 989 g/mol. The third-order valence-electron chi connectivity index (χ3n) is 10.4. The number of carbonyl (C=O) groups is 8. The van der Waals surface area contributed by atoms with Gasteiger partial charge in [0.15, 0.2) is 0 Å². The average molecular weight is 1060 g/mol. The number of hydrogen-bond donors (Lipinski definition) is 6. The highest BCUT2D eigenvalue weighted by molar-refractivity contribution is 5.82. The second kappa shape index (κ2) is 37.5. The van der Waals surface area contributed by atoms with Gasteiger partial charge in [0.1, 0.15) is 39.6 Å². The first-order chi connectivity index (χ1) is 37.0. The Morgan fingerprint density at radius 1 is 0.342 bits per heavy atom. The predicted octanol–water partition coefficient (Wildman–Crippen LogP) is 4.43. The molecule has 0 saturated heterocycles.